The van der Waals surface area contributed by atoms with Crippen LogP contribution in [-0.4, -0.2) is 47.3 Å². The van der Waals surface area contributed by atoms with Gasteiger partial charge in [0.1, 0.15) is 13.1 Å². The number of rotatable bonds is 4. The van der Waals surface area contributed by atoms with E-state index in [0.29, 0.717) is 12.8 Å². The van der Waals surface area contributed by atoms with Crippen LogP contribution in [0.3, 0.4) is 0 Å². The van der Waals surface area contributed by atoms with Crippen LogP contribution in [0.15, 0.2) is 0 Å². The van der Waals surface area contributed by atoms with Crippen molar-refractivity contribution in [3.05, 3.63) is 0 Å². The summed E-state index contributed by atoms with van der Waals surface area (Å²) in [6.07, 6.45) is -1.53. The van der Waals surface area contributed by atoms with Gasteiger partial charge < -0.3 is 15.3 Å². The summed E-state index contributed by atoms with van der Waals surface area (Å²) in [5, 5.41) is 10.4. The molecule has 0 aromatic carbocycles. The zero-order valence-electron chi connectivity index (χ0n) is 9.66. The van der Waals surface area contributed by atoms with Crippen LogP contribution in [0.5, 0.6) is 0 Å². The van der Waals surface area contributed by atoms with Gasteiger partial charge in [-0.2, -0.15) is 13.2 Å². The fraction of sp³-hybridized carbons (Fsp3) is 0.800. The van der Waals surface area contributed by atoms with Crippen LogP contribution < -0.4 is 5.32 Å². The van der Waals surface area contributed by atoms with Crippen molar-refractivity contribution in [1.82, 2.24) is 10.2 Å². The number of nitrogens with one attached hydrogen (secondary N) is 1. The number of urea groups is 1. The fourth-order valence-electron chi connectivity index (χ4n) is 2.01. The number of carbonyl (C=O) groups excluding carboxylic acids is 1. The van der Waals surface area contributed by atoms with Gasteiger partial charge in [-0.25, -0.2) is 4.79 Å². The van der Waals surface area contributed by atoms with Gasteiger partial charge in [0.05, 0.1) is 0 Å². The minimum absolute atomic E-state index is 0.283. The van der Waals surface area contributed by atoms with Gasteiger partial charge in [0, 0.05) is 6.04 Å². The topological polar surface area (TPSA) is 69.6 Å². The normalized spacial score (nSPS) is 16.6. The summed E-state index contributed by atoms with van der Waals surface area (Å²) in [6.45, 7) is -2.02. The van der Waals surface area contributed by atoms with Gasteiger partial charge >= 0.3 is 18.2 Å². The highest BCUT2D eigenvalue weighted by atomic mass is 19.4. The quantitative estimate of drug-likeness (QED) is 0.813. The molecule has 5 nitrogen and oxygen atoms in total. The van der Waals surface area contributed by atoms with Crippen LogP contribution in [0.2, 0.25) is 0 Å². The Morgan fingerprint density at radius 2 is 1.83 bits per heavy atom. The predicted octanol–water partition coefficient (Wildman–Crippen LogP) is 1.59. The Bertz CT molecular complexity index is 314. The first-order chi connectivity index (χ1) is 8.29. The lowest BCUT2D eigenvalue weighted by molar-refractivity contribution is -0.138. The van der Waals surface area contributed by atoms with Crippen LogP contribution in [0.4, 0.5) is 18.0 Å². The summed E-state index contributed by atoms with van der Waals surface area (Å²) in [4.78, 5) is 23.2. The third-order valence-electron chi connectivity index (χ3n) is 2.77. The molecule has 1 fully saturated rings. The van der Waals surface area contributed by atoms with Gasteiger partial charge in [-0.05, 0) is 12.8 Å². The van der Waals surface area contributed by atoms with Crippen molar-refractivity contribution in [3.8, 4) is 0 Å². The van der Waals surface area contributed by atoms with E-state index in [4.69, 9.17) is 5.11 Å². The van der Waals surface area contributed by atoms with Gasteiger partial charge in [0.15, 0.2) is 0 Å². The van der Waals surface area contributed by atoms with E-state index >= 15 is 0 Å². The molecule has 0 aromatic heterocycles. The zero-order chi connectivity index (χ0) is 13.8. The Morgan fingerprint density at radius 3 is 2.28 bits per heavy atom. The van der Waals surface area contributed by atoms with E-state index in [2.05, 4.69) is 0 Å². The van der Waals surface area contributed by atoms with Crippen molar-refractivity contribution in [3.63, 3.8) is 0 Å². The number of hydrogen-bond acceptors (Lipinski definition) is 2. The highest BCUT2D eigenvalue weighted by Gasteiger charge is 2.32. The van der Waals surface area contributed by atoms with Crippen molar-refractivity contribution >= 4 is 12.0 Å². The van der Waals surface area contributed by atoms with Gasteiger partial charge in [-0.15, -0.1) is 0 Å². The van der Waals surface area contributed by atoms with E-state index in [1.807, 2.05) is 0 Å². The second kappa shape index (κ2) is 5.92. The molecule has 0 radical (unpaired) electrons. The molecular formula is C10H15F3N2O3. The third kappa shape index (κ3) is 4.80. The Morgan fingerprint density at radius 1 is 1.28 bits per heavy atom. The lowest BCUT2D eigenvalue weighted by Gasteiger charge is -2.27. The Labute approximate surface area is 102 Å². The molecule has 0 heterocycles. The van der Waals surface area contributed by atoms with Crippen LogP contribution >= 0.6 is 0 Å². The first-order valence-electron chi connectivity index (χ1n) is 5.62. The number of amides is 2. The van der Waals surface area contributed by atoms with Crippen LogP contribution in [0.1, 0.15) is 25.7 Å². The average molecular weight is 268 g/mol. The van der Waals surface area contributed by atoms with Crippen molar-refractivity contribution in [2.75, 3.05) is 13.1 Å². The number of aliphatic carboxylic acids is 1. The maximum atomic E-state index is 12.0. The van der Waals surface area contributed by atoms with Crippen LogP contribution in [-0.2, 0) is 4.79 Å². The third-order valence-corrected chi connectivity index (χ3v) is 2.77. The number of carboxylic acids is 1. The largest absolute Gasteiger partial charge is 0.480 e. The molecule has 0 aliphatic heterocycles. The molecule has 2 amide bonds. The molecule has 0 saturated heterocycles. The second-order valence-electron chi connectivity index (χ2n) is 4.23. The van der Waals surface area contributed by atoms with Crippen LogP contribution in [0.25, 0.3) is 0 Å². The van der Waals surface area contributed by atoms with Crippen molar-refractivity contribution in [2.45, 2.75) is 37.9 Å². The molecule has 0 atom stereocenters. The Balaban J connectivity index is 2.58. The predicted molar refractivity (Wildman–Crippen MR) is 56.1 cm³/mol. The van der Waals surface area contributed by atoms with E-state index in [1.165, 1.54) is 0 Å². The molecule has 0 aromatic rings. The molecule has 1 aliphatic carbocycles. The molecule has 2 N–H and O–H groups in total. The average Bonchev–Trinajstić information content (AvgIpc) is 2.74. The summed E-state index contributed by atoms with van der Waals surface area (Å²) in [5.41, 5.74) is 0. The van der Waals surface area contributed by atoms with Gasteiger partial charge in [-0.3, -0.25) is 4.79 Å². The smallest absolute Gasteiger partial charge is 0.405 e. The molecule has 104 valence electrons. The van der Waals surface area contributed by atoms with Crippen molar-refractivity contribution in [1.29, 1.82) is 0 Å². The highest BCUT2D eigenvalue weighted by molar-refractivity contribution is 5.80. The molecule has 8 heteroatoms. The molecular weight excluding hydrogens is 253 g/mol. The molecule has 1 saturated carbocycles. The first kappa shape index (κ1) is 14.6. The number of carboxylic acid groups (broad SMARTS) is 1. The van der Waals surface area contributed by atoms with Gasteiger partial charge in [0.2, 0.25) is 0 Å². The zero-order valence-corrected chi connectivity index (χ0v) is 9.66. The molecule has 18 heavy (non-hydrogen) atoms. The minimum Gasteiger partial charge on any atom is -0.480 e. The number of carbonyl (C=O) groups is 2. The van der Waals surface area contributed by atoms with Crippen LogP contribution in [0, 0.1) is 0 Å². The summed E-state index contributed by atoms with van der Waals surface area (Å²) >= 11 is 0. The van der Waals surface area contributed by atoms with Gasteiger partial charge in [-0.1, -0.05) is 12.8 Å². The molecule has 0 unspecified atom stereocenters. The monoisotopic (exact) mass is 268 g/mol. The number of hydrogen-bond donors (Lipinski definition) is 2. The number of alkyl halides is 3. The van der Waals surface area contributed by atoms with E-state index in [0.717, 1.165) is 17.7 Å². The Kier molecular flexibility index (Phi) is 4.80. The maximum absolute atomic E-state index is 12.0. The number of nitrogens with zero attached hydrogens (tertiary/aromatic N) is 1. The van der Waals surface area contributed by atoms with E-state index < -0.39 is 31.3 Å². The standard InChI is InChI=1S/C10H15F3N2O3/c11-10(12,13)6-14-9(18)15(5-8(16)17)7-3-1-2-4-7/h7H,1-6H2,(H,14,18)(H,16,17). The fourth-order valence-corrected chi connectivity index (χ4v) is 2.01. The van der Waals surface area contributed by atoms with E-state index in [-0.39, 0.29) is 6.04 Å². The van der Waals surface area contributed by atoms with E-state index in [9.17, 15) is 22.8 Å². The highest BCUT2D eigenvalue weighted by Crippen LogP contribution is 2.23. The molecule has 0 bridgehead atoms. The minimum atomic E-state index is -4.50. The molecule has 1 rings (SSSR count). The first-order valence-corrected chi connectivity index (χ1v) is 5.62. The number of halogens is 3. The van der Waals surface area contributed by atoms with Gasteiger partial charge in [0.25, 0.3) is 0 Å². The summed E-state index contributed by atoms with van der Waals surface area (Å²) in [5.74, 6) is -1.23. The Hall–Kier alpha value is -1.47. The molecule has 0 spiro atoms. The van der Waals surface area contributed by atoms with Crippen molar-refractivity contribution in [2.24, 2.45) is 0 Å². The summed E-state index contributed by atoms with van der Waals surface area (Å²) in [7, 11) is 0. The summed E-state index contributed by atoms with van der Waals surface area (Å²) in [6, 6.07) is -1.25. The molecule has 1 aliphatic rings. The SMILES string of the molecule is O=C(O)CN(C(=O)NCC(F)(F)F)C1CCCC1. The second-order valence-corrected chi connectivity index (χ2v) is 4.23. The van der Waals surface area contributed by atoms with E-state index in [1.54, 1.807) is 5.32 Å². The lowest BCUT2D eigenvalue weighted by Crippen LogP contribution is -2.49. The summed E-state index contributed by atoms with van der Waals surface area (Å²) < 4.78 is 35.9. The maximum Gasteiger partial charge on any atom is 0.405 e. The lowest BCUT2D eigenvalue weighted by atomic mass is 10.2. The van der Waals surface area contributed by atoms with Crippen molar-refractivity contribution < 1.29 is 27.9 Å².